The van der Waals surface area contributed by atoms with E-state index < -0.39 is 5.97 Å². The van der Waals surface area contributed by atoms with Crippen LogP contribution < -0.4 is 0 Å². The molecule has 5 nitrogen and oxygen atoms in total. The molecule has 0 unspecified atom stereocenters. The summed E-state index contributed by atoms with van der Waals surface area (Å²) in [6.45, 7) is 1.91. The molecule has 0 saturated heterocycles. The van der Waals surface area contributed by atoms with Crippen LogP contribution in [0.2, 0.25) is 0 Å². The van der Waals surface area contributed by atoms with E-state index in [-0.39, 0.29) is 11.4 Å². The SMILES string of the molecule is Cc1ccc(-n2ncc(O)c2C(=O)O)s1. The molecule has 2 rings (SSSR count). The lowest BCUT2D eigenvalue weighted by molar-refractivity contribution is 0.0684. The summed E-state index contributed by atoms with van der Waals surface area (Å²) >= 11 is 1.41. The lowest BCUT2D eigenvalue weighted by Gasteiger charge is -1.99. The third kappa shape index (κ3) is 1.59. The molecule has 0 aliphatic heterocycles. The van der Waals surface area contributed by atoms with Gasteiger partial charge in [-0.25, -0.2) is 9.48 Å². The molecule has 2 aromatic heterocycles. The zero-order chi connectivity index (χ0) is 11.0. The van der Waals surface area contributed by atoms with Crippen LogP contribution in [0.4, 0.5) is 0 Å². The predicted octanol–water partition coefficient (Wildman–Crippen LogP) is 1.65. The summed E-state index contributed by atoms with van der Waals surface area (Å²) in [7, 11) is 0. The van der Waals surface area contributed by atoms with Gasteiger partial charge in [0.15, 0.2) is 11.4 Å². The molecule has 0 atom stereocenters. The highest BCUT2D eigenvalue weighted by Crippen LogP contribution is 2.25. The summed E-state index contributed by atoms with van der Waals surface area (Å²) in [6.07, 6.45) is 1.12. The molecule has 0 fully saturated rings. The second-order valence-electron chi connectivity index (χ2n) is 2.98. The third-order valence-corrected chi connectivity index (χ3v) is 2.86. The van der Waals surface area contributed by atoms with Crippen molar-refractivity contribution in [3.05, 3.63) is 28.9 Å². The summed E-state index contributed by atoms with van der Waals surface area (Å²) in [4.78, 5) is 11.9. The van der Waals surface area contributed by atoms with Gasteiger partial charge < -0.3 is 10.2 Å². The number of aryl methyl sites for hydroxylation is 1. The molecule has 0 aliphatic rings. The van der Waals surface area contributed by atoms with Crippen molar-refractivity contribution in [3.63, 3.8) is 0 Å². The minimum atomic E-state index is -1.20. The normalized spacial score (nSPS) is 10.5. The first-order valence-electron chi connectivity index (χ1n) is 4.16. The number of aromatic hydroxyl groups is 1. The molecule has 2 heterocycles. The number of hydrogen-bond donors (Lipinski definition) is 2. The van der Waals surface area contributed by atoms with Gasteiger partial charge >= 0.3 is 5.97 Å². The first-order chi connectivity index (χ1) is 7.09. The molecule has 0 aromatic carbocycles. The summed E-state index contributed by atoms with van der Waals surface area (Å²) in [5.41, 5.74) is -0.211. The number of rotatable bonds is 2. The van der Waals surface area contributed by atoms with Crippen LogP contribution in [0, 0.1) is 6.92 Å². The Morgan fingerprint density at radius 1 is 1.53 bits per heavy atom. The molecule has 0 amide bonds. The first-order valence-corrected chi connectivity index (χ1v) is 4.98. The molecule has 78 valence electrons. The van der Waals surface area contributed by atoms with Gasteiger partial charge in [0.05, 0.1) is 6.20 Å². The van der Waals surface area contributed by atoms with E-state index in [9.17, 15) is 9.90 Å². The standard InChI is InChI=1S/C9H8N2O3S/c1-5-2-3-7(15-5)11-8(9(13)14)6(12)4-10-11/h2-4,12H,1H3,(H,13,14). The average molecular weight is 224 g/mol. The van der Waals surface area contributed by atoms with Crippen LogP contribution in [0.3, 0.4) is 0 Å². The molecule has 0 aliphatic carbocycles. The Hall–Kier alpha value is -1.82. The van der Waals surface area contributed by atoms with Crippen molar-refractivity contribution in [1.29, 1.82) is 0 Å². The Morgan fingerprint density at radius 2 is 2.27 bits per heavy atom. The van der Waals surface area contributed by atoms with Gasteiger partial charge in [-0.3, -0.25) is 0 Å². The molecular formula is C9H8N2O3S. The molecule has 15 heavy (non-hydrogen) atoms. The van der Waals surface area contributed by atoms with Gasteiger partial charge in [-0.05, 0) is 19.1 Å². The van der Waals surface area contributed by atoms with Crippen molar-refractivity contribution in [2.24, 2.45) is 0 Å². The number of thiophene rings is 1. The summed E-state index contributed by atoms with van der Waals surface area (Å²) in [6, 6.07) is 3.63. The predicted molar refractivity (Wildman–Crippen MR) is 54.8 cm³/mol. The van der Waals surface area contributed by atoms with Crippen LogP contribution in [-0.4, -0.2) is 26.0 Å². The van der Waals surface area contributed by atoms with Crippen molar-refractivity contribution in [1.82, 2.24) is 9.78 Å². The van der Waals surface area contributed by atoms with Gasteiger partial charge in [0.25, 0.3) is 0 Å². The fraction of sp³-hybridized carbons (Fsp3) is 0.111. The quantitative estimate of drug-likeness (QED) is 0.813. The van der Waals surface area contributed by atoms with E-state index in [2.05, 4.69) is 5.10 Å². The smallest absolute Gasteiger partial charge is 0.358 e. The second kappa shape index (κ2) is 3.39. The number of carboxylic acid groups (broad SMARTS) is 1. The fourth-order valence-electron chi connectivity index (χ4n) is 1.24. The average Bonchev–Trinajstić information content (AvgIpc) is 2.71. The zero-order valence-corrected chi connectivity index (χ0v) is 8.65. The van der Waals surface area contributed by atoms with E-state index in [0.717, 1.165) is 11.1 Å². The van der Waals surface area contributed by atoms with E-state index >= 15 is 0 Å². The molecule has 0 spiro atoms. The van der Waals surface area contributed by atoms with Crippen molar-refractivity contribution in [2.75, 3.05) is 0 Å². The molecule has 6 heteroatoms. The third-order valence-electron chi connectivity index (χ3n) is 1.89. The van der Waals surface area contributed by atoms with Crippen LogP contribution in [0.1, 0.15) is 15.4 Å². The van der Waals surface area contributed by atoms with Gasteiger partial charge in [0.1, 0.15) is 5.00 Å². The maximum absolute atomic E-state index is 10.9. The van der Waals surface area contributed by atoms with Gasteiger partial charge in [-0.2, -0.15) is 5.10 Å². The minimum absolute atomic E-state index is 0.211. The number of hydrogen-bond acceptors (Lipinski definition) is 4. The van der Waals surface area contributed by atoms with Crippen molar-refractivity contribution in [3.8, 4) is 10.8 Å². The van der Waals surface area contributed by atoms with Crippen LogP contribution >= 0.6 is 11.3 Å². The highest BCUT2D eigenvalue weighted by atomic mass is 32.1. The number of nitrogens with zero attached hydrogens (tertiary/aromatic N) is 2. The molecule has 0 radical (unpaired) electrons. The van der Waals surface area contributed by atoms with Crippen LogP contribution in [0.5, 0.6) is 5.75 Å². The van der Waals surface area contributed by atoms with Gasteiger partial charge in [-0.1, -0.05) is 0 Å². The van der Waals surface area contributed by atoms with E-state index in [1.54, 1.807) is 6.07 Å². The first kappa shape index (κ1) is 9.72. The summed E-state index contributed by atoms with van der Waals surface area (Å²) in [5, 5.41) is 22.7. The summed E-state index contributed by atoms with van der Waals surface area (Å²) < 4.78 is 1.22. The van der Waals surface area contributed by atoms with Gasteiger partial charge in [0.2, 0.25) is 0 Å². The topological polar surface area (TPSA) is 75.3 Å². The fourth-order valence-corrected chi connectivity index (χ4v) is 2.07. The number of carbonyl (C=O) groups is 1. The lowest BCUT2D eigenvalue weighted by atomic mass is 10.4. The number of carboxylic acids is 1. The van der Waals surface area contributed by atoms with Crippen molar-refractivity contribution in [2.45, 2.75) is 6.92 Å². The molecule has 2 N–H and O–H groups in total. The Balaban J connectivity index is 2.58. The van der Waals surface area contributed by atoms with Crippen LogP contribution in [0.25, 0.3) is 5.00 Å². The van der Waals surface area contributed by atoms with Gasteiger partial charge in [-0.15, -0.1) is 11.3 Å². The number of aromatic carboxylic acids is 1. The minimum Gasteiger partial charge on any atom is -0.504 e. The van der Waals surface area contributed by atoms with Crippen molar-refractivity contribution < 1.29 is 15.0 Å². The van der Waals surface area contributed by atoms with E-state index in [0.29, 0.717) is 5.00 Å². The zero-order valence-electron chi connectivity index (χ0n) is 7.84. The molecule has 0 saturated carbocycles. The van der Waals surface area contributed by atoms with E-state index in [1.807, 2.05) is 13.0 Å². The van der Waals surface area contributed by atoms with E-state index in [4.69, 9.17) is 5.11 Å². The summed E-state index contributed by atoms with van der Waals surface area (Å²) in [5.74, 6) is -1.52. The lowest BCUT2D eigenvalue weighted by Crippen LogP contribution is -2.06. The second-order valence-corrected chi connectivity index (χ2v) is 4.25. The van der Waals surface area contributed by atoms with Crippen molar-refractivity contribution >= 4 is 17.3 Å². The molecule has 0 bridgehead atoms. The van der Waals surface area contributed by atoms with Crippen LogP contribution in [-0.2, 0) is 0 Å². The highest BCUT2D eigenvalue weighted by molar-refractivity contribution is 7.14. The molecular weight excluding hydrogens is 216 g/mol. The maximum Gasteiger partial charge on any atom is 0.358 e. The Kier molecular flexibility index (Phi) is 2.20. The van der Waals surface area contributed by atoms with E-state index in [1.165, 1.54) is 16.0 Å². The largest absolute Gasteiger partial charge is 0.504 e. The Labute approximate surface area is 89.2 Å². The Morgan fingerprint density at radius 3 is 2.80 bits per heavy atom. The highest BCUT2D eigenvalue weighted by Gasteiger charge is 2.18. The molecule has 2 aromatic rings. The number of aromatic nitrogens is 2. The van der Waals surface area contributed by atoms with Crippen LogP contribution in [0.15, 0.2) is 18.3 Å². The monoisotopic (exact) mass is 224 g/mol. The maximum atomic E-state index is 10.9. The Bertz CT molecular complexity index is 515. The van der Waals surface area contributed by atoms with Gasteiger partial charge in [0, 0.05) is 4.88 Å².